The molecule has 0 radical (unpaired) electrons. The van der Waals surface area contributed by atoms with Crippen molar-refractivity contribution in [3.63, 3.8) is 0 Å². The molecule has 0 aliphatic carbocycles. The van der Waals surface area contributed by atoms with Crippen LogP contribution in [0.4, 0.5) is 5.69 Å². The lowest BCUT2D eigenvalue weighted by Crippen LogP contribution is -2.21. The van der Waals surface area contributed by atoms with Gasteiger partial charge in [0.1, 0.15) is 6.54 Å². The van der Waals surface area contributed by atoms with E-state index in [-0.39, 0.29) is 18.4 Å². The summed E-state index contributed by atoms with van der Waals surface area (Å²) in [6.45, 7) is 5.75. The molecule has 7 heteroatoms. The molecule has 7 nitrogen and oxygen atoms in total. The Morgan fingerprint density at radius 3 is 2.35 bits per heavy atom. The van der Waals surface area contributed by atoms with Gasteiger partial charge in [0.05, 0.1) is 12.2 Å². The van der Waals surface area contributed by atoms with E-state index in [9.17, 15) is 14.4 Å². The molecule has 0 unspecified atom stereocenters. The van der Waals surface area contributed by atoms with Crippen molar-refractivity contribution in [2.24, 2.45) is 0 Å². The predicted molar refractivity (Wildman–Crippen MR) is 98.3 cm³/mol. The SMILES string of the molecule is CCOC(=O)c1cc(C)n(CC(=O)Nc2ccc(C(=O)NC)cc2)c1C. The highest BCUT2D eigenvalue weighted by atomic mass is 16.5. The van der Waals surface area contributed by atoms with E-state index in [1.165, 1.54) is 0 Å². The highest BCUT2D eigenvalue weighted by Crippen LogP contribution is 2.17. The monoisotopic (exact) mass is 357 g/mol. The van der Waals surface area contributed by atoms with Gasteiger partial charge in [-0.3, -0.25) is 9.59 Å². The molecule has 0 bridgehead atoms. The number of aryl methyl sites for hydroxylation is 1. The highest BCUT2D eigenvalue weighted by molar-refractivity contribution is 5.96. The fourth-order valence-electron chi connectivity index (χ4n) is 2.65. The standard InChI is InChI=1S/C19H23N3O4/c1-5-26-19(25)16-10-12(2)22(13(16)3)11-17(23)21-15-8-6-14(7-9-15)18(24)20-4/h6-10H,5,11H2,1-4H3,(H,20,24)(H,21,23). The van der Waals surface area contributed by atoms with Gasteiger partial charge in [-0.2, -0.15) is 0 Å². The van der Waals surface area contributed by atoms with Gasteiger partial charge in [-0.05, 0) is 51.1 Å². The number of aromatic nitrogens is 1. The van der Waals surface area contributed by atoms with Crippen molar-refractivity contribution in [2.75, 3.05) is 19.0 Å². The minimum absolute atomic E-state index is 0.0776. The molecule has 0 saturated carbocycles. The molecule has 26 heavy (non-hydrogen) atoms. The van der Waals surface area contributed by atoms with Crippen LogP contribution in [0.1, 0.15) is 39.0 Å². The van der Waals surface area contributed by atoms with Crippen molar-refractivity contribution in [3.8, 4) is 0 Å². The minimum Gasteiger partial charge on any atom is -0.462 e. The van der Waals surface area contributed by atoms with Crippen molar-refractivity contribution < 1.29 is 19.1 Å². The quantitative estimate of drug-likeness (QED) is 0.776. The number of nitrogens with zero attached hydrogens (tertiary/aromatic N) is 1. The molecule has 0 saturated heterocycles. The fraction of sp³-hybridized carbons (Fsp3) is 0.316. The summed E-state index contributed by atoms with van der Waals surface area (Å²) in [6.07, 6.45) is 0. The first-order valence-electron chi connectivity index (χ1n) is 8.33. The van der Waals surface area contributed by atoms with Gasteiger partial charge in [-0.25, -0.2) is 4.79 Å². The lowest BCUT2D eigenvalue weighted by atomic mass is 10.2. The van der Waals surface area contributed by atoms with E-state index in [2.05, 4.69) is 10.6 Å². The van der Waals surface area contributed by atoms with E-state index < -0.39 is 5.97 Å². The number of hydrogen-bond acceptors (Lipinski definition) is 4. The Morgan fingerprint density at radius 1 is 1.12 bits per heavy atom. The van der Waals surface area contributed by atoms with Gasteiger partial charge < -0.3 is 19.9 Å². The third-order valence-corrected chi connectivity index (χ3v) is 4.03. The number of carbonyl (C=O) groups excluding carboxylic acids is 3. The molecule has 2 amide bonds. The number of benzene rings is 1. The highest BCUT2D eigenvalue weighted by Gasteiger charge is 2.18. The maximum atomic E-state index is 12.3. The van der Waals surface area contributed by atoms with Gasteiger partial charge in [-0.1, -0.05) is 0 Å². The normalized spacial score (nSPS) is 10.3. The molecule has 0 aliphatic heterocycles. The number of nitrogens with one attached hydrogen (secondary N) is 2. The van der Waals surface area contributed by atoms with Crippen LogP contribution >= 0.6 is 0 Å². The zero-order chi connectivity index (χ0) is 19.3. The van der Waals surface area contributed by atoms with Crippen molar-refractivity contribution in [3.05, 3.63) is 52.8 Å². The zero-order valence-electron chi connectivity index (χ0n) is 15.4. The van der Waals surface area contributed by atoms with Crippen LogP contribution in [0.5, 0.6) is 0 Å². The molecule has 2 N–H and O–H groups in total. The number of esters is 1. The Bertz CT molecular complexity index is 822. The molecule has 1 aromatic carbocycles. The van der Waals surface area contributed by atoms with Crippen LogP contribution in [-0.4, -0.2) is 36.0 Å². The zero-order valence-corrected chi connectivity index (χ0v) is 15.4. The van der Waals surface area contributed by atoms with E-state index in [1.54, 1.807) is 55.8 Å². The average Bonchev–Trinajstić information content (AvgIpc) is 2.90. The number of rotatable bonds is 6. The molecule has 0 aliphatic rings. The molecule has 1 heterocycles. The summed E-state index contributed by atoms with van der Waals surface area (Å²) in [5.74, 6) is -0.806. The second kappa shape index (κ2) is 8.33. The number of carbonyl (C=O) groups is 3. The first-order chi connectivity index (χ1) is 12.4. The van der Waals surface area contributed by atoms with Crippen LogP contribution < -0.4 is 10.6 Å². The maximum absolute atomic E-state index is 12.3. The maximum Gasteiger partial charge on any atom is 0.339 e. The van der Waals surface area contributed by atoms with Crippen LogP contribution in [-0.2, 0) is 16.1 Å². The van der Waals surface area contributed by atoms with Gasteiger partial charge in [0.15, 0.2) is 0 Å². The van der Waals surface area contributed by atoms with Crippen molar-refractivity contribution in [1.82, 2.24) is 9.88 Å². The van der Waals surface area contributed by atoms with Crippen LogP contribution in [0.2, 0.25) is 0 Å². The number of hydrogen-bond donors (Lipinski definition) is 2. The van der Waals surface area contributed by atoms with Crippen LogP contribution in [0.25, 0.3) is 0 Å². The molecule has 0 atom stereocenters. The number of amides is 2. The predicted octanol–water partition coefficient (Wildman–Crippen LogP) is 2.28. The largest absolute Gasteiger partial charge is 0.462 e. The van der Waals surface area contributed by atoms with Crippen LogP contribution in [0.3, 0.4) is 0 Å². The Labute approximate surface area is 152 Å². The molecule has 2 rings (SSSR count). The van der Waals surface area contributed by atoms with E-state index in [1.807, 2.05) is 6.92 Å². The first kappa shape index (κ1) is 19.2. The third-order valence-electron chi connectivity index (χ3n) is 4.03. The van der Waals surface area contributed by atoms with Gasteiger partial charge in [0.25, 0.3) is 5.91 Å². The lowest BCUT2D eigenvalue weighted by Gasteiger charge is -2.11. The molecule has 2 aromatic rings. The summed E-state index contributed by atoms with van der Waals surface area (Å²) >= 11 is 0. The Morgan fingerprint density at radius 2 is 1.77 bits per heavy atom. The van der Waals surface area contributed by atoms with Gasteiger partial charge in [0.2, 0.25) is 5.91 Å². The van der Waals surface area contributed by atoms with Crippen molar-refractivity contribution in [1.29, 1.82) is 0 Å². The summed E-state index contributed by atoms with van der Waals surface area (Å²) < 4.78 is 6.80. The van der Waals surface area contributed by atoms with E-state index in [0.717, 1.165) is 5.69 Å². The molecule has 138 valence electrons. The van der Waals surface area contributed by atoms with E-state index in [0.29, 0.717) is 29.1 Å². The van der Waals surface area contributed by atoms with Crippen molar-refractivity contribution in [2.45, 2.75) is 27.3 Å². The Balaban J connectivity index is 2.08. The van der Waals surface area contributed by atoms with Crippen molar-refractivity contribution >= 4 is 23.5 Å². The molecule has 1 aromatic heterocycles. The summed E-state index contributed by atoms with van der Waals surface area (Å²) in [5, 5.41) is 5.32. The topological polar surface area (TPSA) is 89.4 Å². The van der Waals surface area contributed by atoms with Gasteiger partial charge >= 0.3 is 5.97 Å². The average molecular weight is 357 g/mol. The summed E-state index contributed by atoms with van der Waals surface area (Å²) in [7, 11) is 1.56. The molecular weight excluding hydrogens is 334 g/mol. The molecule has 0 fully saturated rings. The van der Waals surface area contributed by atoms with Gasteiger partial charge in [-0.15, -0.1) is 0 Å². The Hall–Kier alpha value is -3.09. The fourth-order valence-corrected chi connectivity index (χ4v) is 2.65. The molecular formula is C19H23N3O4. The molecule has 0 spiro atoms. The first-order valence-corrected chi connectivity index (χ1v) is 8.33. The number of ether oxygens (including phenoxy) is 1. The minimum atomic E-state index is -0.392. The number of anilines is 1. The summed E-state index contributed by atoms with van der Waals surface area (Å²) in [4.78, 5) is 35.8. The van der Waals surface area contributed by atoms with Crippen LogP contribution in [0.15, 0.2) is 30.3 Å². The van der Waals surface area contributed by atoms with Crippen LogP contribution in [0, 0.1) is 13.8 Å². The third kappa shape index (κ3) is 4.30. The smallest absolute Gasteiger partial charge is 0.339 e. The second-order valence-corrected chi connectivity index (χ2v) is 5.80. The second-order valence-electron chi connectivity index (χ2n) is 5.80. The summed E-state index contributed by atoms with van der Waals surface area (Å²) in [5.41, 5.74) is 3.06. The lowest BCUT2D eigenvalue weighted by molar-refractivity contribution is -0.116. The summed E-state index contributed by atoms with van der Waals surface area (Å²) in [6, 6.07) is 8.33. The Kier molecular flexibility index (Phi) is 6.16. The van der Waals surface area contributed by atoms with E-state index in [4.69, 9.17) is 4.74 Å². The van der Waals surface area contributed by atoms with E-state index >= 15 is 0 Å². The van der Waals surface area contributed by atoms with Gasteiger partial charge in [0, 0.05) is 29.7 Å².